The van der Waals surface area contributed by atoms with Gasteiger partial charge in [-0.3, -0.25) is 4.79 Å². The van der Waals surface area contributed by atoms with Gasteiger partial charge in [0.05, 0.1) is 29.7 Å². The molecule has 1 aromatic heterocycles. The minimum absolute atomic E-state index is 0.0258. The number of aryl methyl sites for hydroxylation is 1. The van der Waals surface area contributed by atoms with Gasteiger partial charge in [-0.25, -0.2) is 9.37 Å². The van der Waals surface area contributed by atoms with E-state index in [1.54, 1.807) is 12.1 Å². The summed E-state index contributed by atoms with van der Waals surface area (Å²) < 4.78 is 22.0. The highest BCUT2D eigenvalue weighted by atomic mass is 19.1. The van der Waals surface area contributed by atoms with Crippen LogP contribution in [0.2, 0.25) is 0 Å². The molecule has 0 aliphatic heterocycles. The van der Waals surface area contributed by atoms with Crippen molar-refractivity contribution in [2.45, 2.75) is 45.7 Å². The van der Waals surface area contributed by atoms with Gasteiger partial charge < -0.3 is 14.6 Å². The summed E-state index contributed by atoms with van der Waals surface area (Å²) in [5.41, 5.74) is 3.20. The molecule has 1 unspecified atom stereocenters. The van der Waals surface area contributed by atoms with Crippen molar-refractivity contribution in [3.63, 3.8) is 0 Å². The summed E-state index contributed by atoms with van der Waals surface area (Å²) in [5.74, 6) is 1.13. The Morgan fingerprint density at radius 1 is 1.06 bits per heavy atom. The maximum Gasteiger partial charge on any atom is 0.254 e. The molecule has 4 rings (SSSR count). The number of imidazole rings is 1. The predicted octanol–water partition coefficient (Wildman–Crippen LogP) is 6.09. The van der Waals surface area contributed by atoms with Crippen LogP contribution in [0.15, 0.2) is 72.8 Å². The Balaban J connectivity index is 1.39. The molecule has 34 heavy (non-hydrogen) atoms. The number of halogens is 1. The van der Waals surface area contributed by atoms with Crippen LogP contribution in [-0.2, 0) is 13.1 Å². The number of hydrogen-bond acceptors (Lipinski definition) is 3. The molecule has 0 aliphatic carbocycles. The number of amides is 1. The van der Waals surface area contributed by atoms with Crippen molar-refractivity contribution < 1.29 is 13.9 Å². The number of benzene rings is 3. The number of aromatic nitrogens is 2. The van der Waals surface area contributed by atoms with Crippen LogP contribution >= 0.6 is 0 Å². The molecule has 0 fully saturated rings. The normalized spacial score (nSPS) is 12.0. The summed E-state index contributed by atoms with van der Waals surface area (Å²) in [5, 5.41) is 2.80. The minimum atomic E-state index is -0.539. The fraction of sp³-hybridized carbons (Fsp3) is 0.286. The van der Waals surface area contributed by atoms with Gasteiger partial charge in [0.1, 0.15) is 17.4 Å². The van der Waals surface area contributed by atoms with Gasteiger partial charge in [0, 0.05) is 6.54 Å². The first-order chi connectivity index (χ1) is 16.6. The number of nitrogens with zero attached hydrogens (tertiary/aromatic N) is 2. The van der Waals surface area contributed by atoms with E-state index in [0.717, 1.165) is 35.4 Å². The van der Waals surface area contributed by atoms with Crippen molar-refractivity contribution in [3.8, 4) is 5.75 Å². The lowest BCUT2D eigenvalue weighted by Gasteiger charge is -2.12. The zero-order valence-corrected chi connectivity index (χ0v) is 19.6. The molecule has 1 N–H and O–H groups in total. The third-order valence-electron chi connectivity index (χ3n) is 6.12. The molecule has 0 bridgehead atoms. The zero-order chi connectivity index (χ0) is 23.9. The first-order valence-corrected chi connectivity index (χ1v) is 11.8. The van der Waals surface area contributed by atoms with Gasteiger partial charge in [0.2, 0.25) is 0 Å². The fourth-order valence-corrected chi connectivity index (χ4v) is 3.95. The number of rotatable bonds is 10. The predicted molar refractivity (Wildman–Crippen MR) is 133 cm³/mol. The molecule has 0 saturated heterocycles. The molecule has 176 valence electrons. The molecule has 1 atom stereocenters. The molecular formula is C28H30FN3O2. The Labute approximate surface area is 199 Å². The molecule has 1 heterocycles. The maximum absolute atomic E-state index is 13.9. The Morgan fingerprint density at radius 3 is 2.56 bits per heavy atom. The highest BCUT2D eigenvalue weighted by Gasteiger charge is 2.14. The van der Waals surface area contributed by atoms with E-state index >= 15 is 0 Å². The second-order valence-corrected chi connectivity index (χ2v) is 8.41. The third kappa shape index (κ3) is 5.45. The average Bonchev–Trinajstić information content (AvgIpc) is 3.22. The van der Waals surface area contributed by atoms with E-state index in [4.69, 9.17) is 4.74 Å². The van der Waals surface area contributed by atoms with Crippen molar-refractivity contribution in [3.05, 3.63) is 95.6 Å². The number of nitrogens with one attached hydrogen (secondary N) is 1. The molecule has 6 heteroatoms. The highest BCUT2D eigenvalue weighted by Crippen LogP contribution is 2.22. The summed E-state index contributed by atoms with van der Waals surface area (Å²) in [7, 11) is 0. The summed E-state index contributed by atoms with van der Waals surface area (Å²) in [6.07, 6.45) is 1.89. The van der Waals surface area contributed by atoms with Crippen LogP contribution in [0.1, 0.15) is 54.4 Å². The Morgan fingerprint density at radius 2 is 1.79 bits per heavy atom. The van der Waals surface area contributed by atoms with Crippen LogP contribution in [0.5, 0.6) is 5.75 Å². The quantitative estimate of drug-likeness (QED) is 0.292. The van der Waals surface area contributed by atoms with Crippen molar-refractivity contribution in [2.24, 2.45) is 0 Å². The Kier molecular flexibility index (Phi) is 7.58. The lowest BCUT2D eigenvalue weighted by molar-refractivity contribution is 0.0945. The van der Waals surface area contributed by atoms with Gasteiger partial charge in [-0.1, -0.05) is 50.2 Å². The van der Waals surface area contributed by atoms with Crippen LogP contribution < -0.4 is 10.1 Å². The van der Waals surface area contributed by atoms with Crippen molar-refractivity contribution in [1.82, 2.24) is 14.9 Å². The zero-order valence-electron chi connectivity index (χ0n) is 19.6. The first kappa shape index (κ1) is 23.5. The van der Waals surface area contributed by atoms with Crippen molar-refractivity contribution in [1.29, 1.82) is 0 Å². The standard InChI is InChI=1S/C28H30FN3O2/c1-3-20(2)21-13-15-22(16-14-21)34-18-8-17-32-26-12-7-6-11-25(26)31-27(32)19-30-28(33)23-9-4-5-10-24(23)29/h4-7,9-16,20H,3,8,17-19H2,1-2H3,(H,30,33). The van der Waals surface area contributed by atoms with E-state index in [9.17, 15) is 9.18 Å². The molecular weight excluding hydrogens is 429 g/mol. The molecule has 0 radical (unpaired) electrons. The van der Waals surface area contributed by atoms with E-state index in [1.807, 2.05) is 36.4 Å². The van der Waals surface area contributed by atoms with Gasteiger partial charge in [-0.2, -0.15) is 0 Å². The molecule has 3 aromatic carbocycles. The lowest BCUT2D eigenvalue weighted by atomic mass is 9.99. The topological polar surface area (TPSA) is 56.1 Å². The summed E-state index contributed by atoms with van der Waals surface area (Å²) in [6.45, 7) is 5.88. The molecule has 1 amide bonds. The Bertz CT molecular complexity index is 1250. The third-order valence-corrected chi connectivity index (χ3v) is 6.12. The number of para-hydroxylation sites is 2. The number of fused-ring (bicyclic) bond motifs is 1. The van der Waals surface area contributed by atoms with Crippen LogP contribution in [0.4, 0.5) is 4.39 Å². The highest BCUT2D eigenvalue weighted by molar-refractivity contribution is 5.94. The van der Waals surface area contributed by atoms with E-state index in [-0.39, 0.29) is 12.1 Å². The van der Waals surface area contributed by atoms with Gasteiger partial charge in [-0.05, 0) is 60.7 Å². The van der Waals surface area contributed by atoms with Gasteiger partial charge in [0.25, 0.3) is 5.91 Å². The second kappa shape index (κ2) is 11.0. The number of ether oxygens (including phenoxy) is 1. The first-order valence-electron chi connectivity index (χ1n) is 11.8. The second-order valence-electron chi connectivity index (χ2n) is 8.41. The lowest BCUT2D eigenvalue weighted by Crippen LogP contribution is -2.25. The number of carbonyl (C=O) groups excluding carboxylic acids is 1. The van der Waals surface area contributed by atoms with Crippen LogP contribution in [0.25, 0.3) is 11.0 Å². The van der Waals surface area contributed by atoms with E-state index in [1.165, 1.54) is 17.7 Å². The van der Waals surface area contributed by atoms with Crippen molar-refractivity contribution in [2.75, 3.05) is 6.61 Å². The fourth-order valence-electron chi connectivity index (χ4n) is 3.95. The molecule has 0 spiro atoms. The number of hydrogen-bond donors (Lipinski definition) is 1. The van der Waals surface area contributed by atoms with Gasteiger partial charge in [-0.15, -0.1) is 0 Å². The van der Waals surface area contributed by atoms with Crippen LogP contribution in [-0.4, -0.2) is 22.1 Å². The Hall–Kier alpha value is -3.67. The van der Waals surface area contributed by atoms with Crippen LogP contribution in [0, 0.1) is 5.82 Å². The maximum atomic E-state index is 13.9. The average molecular weight is 460 g/mol. The van der Waals surface area contributed by atoms with Crippen molar-refractivity contribution >= 4 is 16.9 Å². The number of carbonyl (C=O) groups is 1. The van der Waals surface area contributed by atoms with Crippen LogP contribution in [0.3, 0.4) is 0 Å². The largest absolute Gasteiger partial charge is 0.494 e. The molecule has 5 nitrogen and oxygen atoms in total. The van der Waals surface area contributed by atoms with E-state index in [2.05, 4.69) is 40.8 Å². The van der Waals surface area contributed by atoms with E-state index in [0.29, 0.717) is 19.1 Å². The SMILES string of the molecule is CCC(C)c1ccc(OCCCn2c(CNC(=O)c3ccccc3F)nc3ccccc32)cc1. The molecule has 0 aliphatic rings. The van der Waals surface area contributed by atoms with Gasteiger partial charge >= 0.3 is 0 Å². The molecule has 0 saturated carbocycles. The molecule has 4 aromatic rings. The summed E-state index contributed by atoms with van der Waals surface area (Å²) >= 11 is 0. The van der Waals surface area contributed by atoms with E-state index < -0.39 is 11.7 Å². The summed E-state index contributed by atoms with van der Waals surface area (Å²) in [6, 6.07) is 22.1. The van der Waals surface area contributed by atoms with Gasteiger partial charge in [0.15, 0.2) is 0 Å². The summed E-state index contributed by atoms with van der Waals surface area (Å²) in [4.78, 5) is 17.1. The smallest absolute Gasteiger partial charge is 0.254 e. The minimum Gasteiger partial charge on any atom is -0.494 e. The monoisotopic (exact) mass is 459 g/mol.